The number of ether oxygens (including phenoxy) is 1. The van der Waals surface area contributed by atoms with Crippen molar-refractivity contribution in [1.29, 1.82) is 0 Å². The first-order valence-corrected chi connectivity index (χ1v) is 7.57. The number of amides is 1. The van der Waals surface area contributed by atoms with Crippen molar-refractivity contribution in [2.45, 2.75) is 51.3 Å². The summed E-state index contributed by atoms with van der Waals surface area (Å²) < 4.78 is 5.13. The summed E-state index contributed by atoms with van der Waals surface area (Å²) in [5, 5.41) is 3.12. The Morgan fingerprint density at radius 3 is 3.00 bits per heavy atom. The Balaban J connectivity index is 1.91. The number of piperazine rings is 1. The maximum atomic E-state index is 12.0. The number of nitrogens with zero attached hydrogens (tertiary/aromatic N) is 3. The average molecular weight is 290 g/mol. The number of hydrogen-bond acceptors (Lipinski definition) is 5. The Morgan fingerprint density at radius 2 is 2.19 bits per heavy atom. The number of aromatic nitrogens is 2. The van der Waals surface area contributed by atoms with E-state index in [1.807, 2.05) is 13.0 Å². The number of hydrogen-bond donors (Lipinski definition) is 1. The number of carbonyl (C=O) groups is 1. The molecule has 1 aliphatic heterocycles. The third-order valence-electron chi connectivity index (χ3n) is 4.24. The van der Waals surface area contributed by atoms with Gasteiger partial charge in [0.25, 0.3) is 0 Å². The van der Waals surface area contributed by atoms with Crippen LogP contribution in [0.5, 0.6) is 0 Å². The molecule has 2 heterocycles. The van der Waals surface area contributed by atoms with Gasteiger partial charge in [0.2, 0.25) is 5.91 Å². The second-order valence-corrected chi connectivity index (χ2v) is 5.87. The molecule has 0 bridgehead atoms. The summed E-state index contributed by atoms with van der Waals surface area (Å²) in [5.41, 5.74) is 0.908. The molecule has 1 aromatic rings. The van der Waals surface area contributed by atoms with Gasteiger partial charge >= 0.3 is 0 Å². The van der Waals surface area contributed by atoms with E-state index >= 15 is 0 Å². The predicted octanol–water partition coefficient (Wildman–Crippen LogP) is 1.18. The molecule has 2 aliphatic rings. The Morgan fingerprint density at radius 1 is 1.38 bits per heavy atom. The van der Waals surface area contributed by atoms with E-state index in [9.17, 15) is 4.79 Å². The molecule has 0 radical (unpaired) electrons. The van der Waals surface area contributed by atoms with Crippen molar-refractivity contribution in [3.05, 3.63) is 17.6 Å². The zero-order valence-electron chi connectivity index (χ0n) is 12.6. The van der Waals surface area contributed by atoms with Crippen molar-refractivity contribution in [2.24, 2.45) is 0 Å². The Hall–Kier alpha value is -1.69. The maximum absolute atomic E-state index is 12.0. The van der Waals surface area contributed by atoms with Crippen molar-refractivity contribution < 1.29 is 9.53 Å². The molecule has 1 saturated heterocycles. The fraction of sp³-hybridized carbons (Fsp3) is 0.667. The lowest BCUT2D eigenvalue weighted by Gasteiger charge is -2.44. The number of nitrogens with one attached hydrogen (secondary N) is 1. The zero-order chi connectivity index (χ0) is 14.8. The first-order valence-electron chi connectivity index (χ1n) is 7.57. The highest BCUT2D eigenvalue weighted by Gasteiger charge is 2.37. The van der Waals surface area contributed by atoms with E-state index in [1.165, 1.54) is 12.8 Å². The Kier molecular flexibility index (Phi) is 4.05. The van der Waals surface area contributed by atoms with Gasteiger partial charge in [-0.3, -0.25) is 4.79 Å². The topological polar surface area (TPSA) is 67.3 Å². The largest absolute Gasteiger partial charge is 0.377 e. The minimum Gasteiger partial charge on any atom is -0.377 e. The third-order valence-corrected chi connectivity index (χ3v) is 4.24. The lowest BCUT2D eigenvalue weighted by molar-refractivity contribution is -0.122. The van der Waals surface area contributed by atoms with Gasteiger partial charge in [-0.25, -0.2) is 9.97 Å². The summed E-state index contributed by atoms with van der Waals surface area (Å²) >= 11 is 0. The van der Waals surface area contributed by atoms with Crippen LogP contribution >= 0.6 is 0 Å². The van der Waals surface area contributed by atoms with Crippen molar-refractivity contribution in [1.82, 2.24) is 15.3 Å². The highest BCUT2D eigenvalue weighted by Crippen LogP contribution is 2.29. The number of methoxy groups -OCH3 is 1. The number of carbonyl (C=O) groups excluding carboxylic acids is 1. The first-order chi connectivity index (χ1) is 10.2. The van der Waals surface area contributed by atoms with Gasteiger partial charge in [-0.15, -0.1) is 0 Å². The van der Waals surface area contributed by atoms with Crippen LogP contribution in [0.2, 0.25) is 0 Å². The summed E-state index contributed by atoms with van der Waals surface area (Å²) in [5.74, 6) is 1.61. The molecule has 1 aromatic heterocycles. The number of anilines is 1. The van der Waals surface area contributed by atoms with E-state index in [2.05, 4.69) is 20.2 Å². The number of fused-ring (bicyclic) bond motifs is 1. The second-order valence-electron chi connectivity index (χ2n) is 5.87. The molecule has 21 heavy (non-hydrogen) atoms. The molecule has 0 aromatic carbocycles. The van der Waals surface area contributed by atoms with Crippen LogP contribution in [0, 0.1) is 6.92 Å². The predicted molar refractivity (Wildman–Crippen MR) is 79.0 cm³/mol. The number of aryl methyl sites for hydroxylation is 1. The zero-order valence-corrected chi connectivity index (χ0v) is 12.6. The van der Waals surface area contributed by atoms with E-state index in [-0.39, 0.29) is 11.9 Å². The molecule has 114 valence electrons. The molecule has 6 heteroatoms. The molecule has 1 N–H and O–H groups in total. The first kappa shape index (κ1) is 14.3. The third kappa shape index (κ3) is 3.00. The van der Waals surface area contributed by atoms with Crippen molar-refractivity contribution in [2.75, 3.05) is 18.6 Å². The van der Waals surface area contributed by atoms with Gasteiger partial charge in [-0.2, -0.15) is 0 Å². The van der Waals surface area contributed by atoms with Crippen molar-refractivity contribution >= 4 is 11.7 Å². The monoisotopic (exact) mass is 290 g/mol. The smallest absolute Gasteiger partial charge is 0.239 e. The van der Waals surface area contributed by atoms with Crippen LogP contribution in [0.15, 0.2) is 6.07 Å². The van der Waals surface area contributed by atoms with E-state index in [1.54, 1.807) is 7.11 Å². The standard InChI is InChI=1S/C15H22N4O2/c1-10-7-14(18-13(16-10)9-21-2)19-8-15(20)17-11-5-3-4-6-12(11)19/h7,11-12H,3-6,8-9H2,1-2H3,(H,17,20)/t11-,12-/m1/s1. The van der Waals surface area contributed by atoms with Crippen LogP contribution in [0.3, 0.4) is 0 Å². The van der Waals surface area contributed by atoms with E-state index in [0.717, 1.165) is 24.4 Å². The molecule has 1 saturated carbocycles. The molecule has 0 spiro atoms. The summed E-state index contributed by atoms with van der Waals surface area (Å²) in [6.07, 6.45) is 4.56. The van der Waals surface area contributed by atoms with Gasteiger partial charge in [0.1, 0.15) is 12.4 Å². The highest BCUT2D eigenvalue weighted by atomic mass is 16.5. The van der Waals surface area contributed by atoms with Crippen LogP contribution in [0.25, 0.3) is 0 Å². The fourth-order valence-corrected chi connectivity index (χ4v) is 3.38. The molecular weight excluding hydrogens is 268 g/mol. The molecule has 2 atom stereocenters. The molecule has 2 fully saturated rings. The molecule has 1 aliphatic carbocycles. The molecule has 6 nitrogen and oxygen atoms in total. The molecule has 1 amide bonds. The number of rotatable bonds is 3. The van der Waals surface area contributed by atoms with Crippen molar-refractivity contribution in [3.8, 4) is 0 Å². The minimum absolute atomic E-state index is 0.0858. The fourth-order valence-electron chi connectivity index (χ4n) is 3.38. The van der Waals surface area contributed by atoms with Crippen LogP contribution < -0.4 is 10.2 Å². The highest BCUT2D eigenvalue weighted by molar-refractivity contribution is 5.83. The SMILES string of the molecule is COCc1nc(C)cc(N2CC(=O)N[C@@H]3CCCC[C@H]32)n1. The molecule has 0 unspecified atom stereocenters. The minimum atomic E-state index is 0.0858. The summed E-state index contributed by atoms with van der Waals surface area (Å²) in [7, 11) is 1.64. The van der Waals surface area contributed by atoms with Gasteiger partial charge in [0.05, 0.1) is 12.6 Å². The van der Waals surface area contributed by atoms with Crippen LogP contribution in [0.1, 0.15) is 37.2 Å². The lowest BCUT2D eigenvalue weighted by atomic mass is 9.87. The summed E-state index contributed by atoms with van der Waals surface area (Å²) in [6, 6.07) is 2.56. The van der Waals surface area contributed by atoms with E-state index in [4.69, 9.17) is 4.74 Å². The van der Waals surface area contributed by atoms with Crippen molar-refractivity contribution in [3.63, 3.8) is 0 Å². The summed E-state index contributed by atoms with van der Waals surface area (Å²) in [4.78, 5) is 23.1. The van der Waals surface area contributed by atoms with Crippen LogP contribution in [-0.4, -0.2) is 41.6 Å². The second kappa shape index (κ2) is 5.97. The maximum Gasteiger partial charge on any atom is 0.239 e. The quantitative estimate of drug-likeness (QED) is 0.905. The van der Waals surface area contributed by atoms with Gasteiger partial charge in [0, 0.05) is 24.9 Å². The van der Waals surface area contributed by atoms with E-state index < -0.39 is 0 Å². The Bertz CT molecular complexity index is 534. The normalized spacial score (nSPS) is 25.4. The average Bonchev–Trinajstić information content (AvgIpc) is 2.46. The van der Waals surface area contributed by atoms with Gasteiger partial charge < -0.3 is 15.0 Å². The van der Waals surface area contributed by atoms with Crippen LogP contribution in [0.4, 0.5) is 5.82 Å². The van der Waals surface area contributed by atoms with Gasteiger partial charge in [0.15, 0.2) is 5.82 Å². The molecular formula is C15H22N4O2. The van der Waals surface area contributed by atoms with E-state index in [0.29, 0.717) is 25.0 Å². The summed E-state index contributed by atoms with van der Waals surface area (Å²) in [6.45, 7) is 2.72. The van der Waals surface area contributed by atoms with Gasteiger partial charge in [-0.1, -0.05) is 12.8 Å². The molecule has 3 rings (SSSR count). The lowest BCUT2D eigenvalue weighted by Crippen LogP contribution is -2.62. The van der Waals surface area contributed by atoms with Gasteiger partial charge in [-0.05, 0) is 19.8 Å². The van der Waals surface area contributed by atoms with Crippen LogP contribution in [-0.2, 0) is 16.1 Å². The Labute approximate surface area is 124 Å².